The van der Waals surface area contributed by atoms with E-state index in [4.69, 9.17) is 45.3 Å². The van der Waals surface area contributed by atoms with Gasteiger partial charge in [0.1, 0.15) is 17.4 Å². The molecule has 0 aliphatic heterocycles. The van der Waals surface area contributed by atoms with Crippen LogP contribution in [-0.4, -0.2) is 41.0 Å². The lowest BCUT2D eigenvalue weighted by Gasteiger charge is -2.12. The molecular formula is C36H32Cl3N3O6. The second-order valence-electron chi connectivity index (χ2n) is 10.7. The Morgan fingerprint density at radius 3 is 2.15 bits per heavy atom. The van der Waals surface area contributed by atoms with E-state index in [-0.39, 0.29) is 38.4 Å². The normalized spacial score (nSPS) is 11.2. The standard InChI is InChI=1S/C36H32Cl3N3O6/c37-30-17-24(21-41-20-23-3-1-4-27(43)16-23)7-11-29(30)33(44)12-8-25(36(46)47)15-22-5-9-26(10-6-22)42-35(45)34-31(38)18-28(19-32(34)39)48-14-2-13-40/h1,3-7,9-11,16-19,25,41,43H,2,13-15,20-21,40H2,(H,42,45)(H,46,47). The van der Waals surface area contributed by atoms with Gasteiger partial charge in [-0.2, -0.15) is 0 Å². The predicted molar refractivity (Wildman–Crippen MR) is 187 cm³/mol. The van der Waals surface area contributed by atoms with Crippen LogP contribution in [0.3, 0.4) is 0 Å². The predicted octanol–water partition coefficient (Wildman–Crippen LogP) is 6.75. The van der Waals surface area contributed by atoms with Crippen LogP contribution in [0.2, 0.25) is 15.1 Å². The zero-order chi connectivity index (χ0) is 34.6. The van der Waals surface area contributed by atoms with Crippen molar-refractivity contribution in [3.63, 3.8) is 0 Å². The van der Waals surface area contributed by atoms with Crippen LogP contribution in [0.5, 0.6) is 11.5 Å². The number of nitrogens with two attached hydrogens (primary N) is 1. The fraction of sp³-hybridized carbons (Fsp3) is 0.194. The number of anilines is 1. The molecule has 4 aromatic carbocycles. The van der Waals surface area contributed by atoms with Crippen LogP contribution >= 0.6 is 34.8 Å². The minimum absolute atomic E-state index is 0.0185. The van der Waals surface area contributed by atoms with Gasteiger partial charge in [0.05, 0.1) is 27.2 Å². The number of hydrogen-bond donors (Lipinski definition) is 5. The highest BCUT2D eigenvalue weighted by Crippen LogP contribution is 2.31. The molecule has 0 bridgehead atoms. The number of carboxylic acids is 1. The van der Waals surface area contributed by atoms with Crippen molar-refractivity contribution in [1.82, 2.24) is 5.32 Å². The first-order valence-electron chi connectivity index (χ1n) is 14.8. The van der Waals surface area contributed by atoms with Gasteiger partial charge in [0.2, 0.25) is 5.78 Å². The molecule has 48 heavy (non-hydrogen) atoms. The van der Waals surface area contributed by atoms with Gasteiger partial charge in [0.15, 0.2) is 0 Å². The van der Waals surface area contributed by atoms with Gasteiger partial charge in [-0.25, -0.2) is 0 Å². The number of amides is 1. The number of carbonyl (C=O) groups excluding carboxylic acids is 2. The van der Waals surface area contributed by atoms with Gasteiger partial charge in [0.25, 0.3) is 5.91 Å². The number of carbonyl (C=O) groups is 3. The van der Waals surface area contributed by atoms with Crippen molar-refractivity contribution in [2.75, 3.05) is 18.5 Å². The lowest BCUT2D eigenvalue weighted by molar-refractivity contribution is -0.139. The third kappa shape index (κ3) is 10.5. The maximum atomic E-state index is 12.9. The number of Topliss-reactive ketones (excluding diaryl/α,β-unsaturated/α-hetero) is 1. The van der Waals surface area contributed by atoms with E-state index in [1.807, 2.05) is 6.07 Å². The highest BCUT2D eigenvalue weighted by molar-refractivity contribution is 6.40. The van der Waals surface area contributed by atoms with Crippen molar-refractivity contribution >= 4 is 58.1 Å². The van der Waals surface area contributed by atoms with E-state index in [1.54, 1.807) is 60.7 Å². The summed E-state index contributed by atoms with van der Waals surface area (Å²) in [6, 6.07) is 21.4. The topological polar surface area (TPSA) is 151 Å². The van der Waals surface area contributed by atoms with Crippen molar-refractivity contribution in [2.45, 2.75) is 25.9 Å². The van der Waals surface area contributed by atoms with Crippen molar-refractivity contribution in [2.24, 2.45) is 11.7 Å². The van der Waals surface area contributed by atoms with Crippen molar-refractivity contribution in [3.05, 3.63) is 122 Å². The number of nitrogens with one attached hydrogen (secondary N) is 2. The maximum absolute atomic E-state index is 12.9. The highest BCUT2D eigenvalue weighted by atomic mass is 35.5. The van der Waals surface area contributed by atoms with Crippen LogP contribution in [-0.2, 0) is 24.3 Å². The summed E-state index contributed by atoms with van der Waals surface area (Å²) in [7, 11) is 0. The average molecular weight is 709 g/mol. The number of rotatable bonds is 14. The zero-order valence-electron chi connectivity index (χ0n) is 25.6. The smallest absolute Gasteiger partial charge is 0.319 e. The lowest BCUT2D eigenvalue weighted by Crippen LogP contribution is -2.16. The Hall–Kier alpha value is -4.56. The van der Waals surface area contributed by atoms with Crippen LogP contribution in [0, 0.1) is 17.8 Å². The molecule has 0 saturated carbocycles. The monoisotopic (exact) mass is 707 g/mol. The Bertz CT molecular complexity index is 1830. The molecule has 0 fully saturated rings. The molecule has 4 aromatic rings. The maximum Gasteiger partial charge on any atom is 0.319 e. The van der Waals surface area contributed by atoms with Crippen molar-refractivity contribution < 1.29 is 29.3 Å². The first kappa shape index (κ1) is 36.3. The second-order valence-corrected chi connectivity index (χ2v) is 11.9. The summed E-state index contributed by atoms with van der Waals surface area (Å²) in [6.45, 7) is 1.85. The molecular weight excluding hydrogens is 677 g/mol. The van der Waals surface area contributed by atoms with Gasteiger partial charge in [0, 0.05) is 24.3 Å². The number of halogens is 3. The zero-order valence-corrected chi connectivity index (χ0v) is 27.8. The Balaban J connectivity index is 1.34. The van der Waals surface area contributed by atoms with Crippen LogP contribution in [0.25, 0.3) is 0 Å². The fourth-order valence-corrected chi connectivity index (χ4v) is 5.49. The molecule has 12 heteroatoms. The Morgan fingerprint density at radius 2 is 1.52 bits per heavy atom. The number of phenolic OH excluding ortho intramolecular Hbond substituents is 1. The Labute approximate surface area is 293 Å². The highest BCUT2D eigenvalue weighted by Gasteiger charge is 2.19. The number of ether oxygens (including phenoxy) is 1. The number of ketones is 1. The molecule has 0 spiro atoms. The molecule has 0 saturated heterocycles. The van der Waals surface area contributed by atoms with Gasteiger partial charge >= 0.3 is 5.97 Å². The Kier molecular flexibility index (Phi) is 13.3. The van der Waals surface area contributed by atoms with E-state index in [0.29, 0.717) is 49.7 Å². The third-order valence-corrected chi connectivity index (χ3v) is 7.93. The molecule has 0 heterocycles. The van der Waals surface area contributed by atoms with Gasteiger partial charge in [-0.1, -0.05) is 71.1 Å². The average Bonchev–Trinajstić information content (AvgIpc) is 3.03. The van der Waals surface area contributed by atoms with E-state index in [0.717, 1.165) is 11.1 Å². The molecule has 1 amide bonds. The second kappa shape index (κ2) is 17.6. The Morgan fingerprint density at radius 1 is 0.854 bits per heavy atom. The quantitative estimate of drug-likeness (QED) is 0.0418. The number of aliphatic carboxylic acids is 1. The minimum Gasteiger partial charge on any atom is -0.508 e. The molecule has 0 aliphatic rings. The number of hydrogen-bond acceptors (Lipinski definition) is 7. The molecule has 0 aromatic heterocycles. The first-order valence-corrected chi connectivity index (χ1v) is 16.0. The summed E-state index contributed by atoms with van der Waals surface area (Å²) in [5, 5.41) is 25.8. The summed E-state index contributed by atoms with van der Waals surface area (Å²) in [5.41, 5.74) is 8.52. The molecule has 9 nitrogen and oxygen atoms in total. The number of aromatic hydroxyl groups is 1. The number of carboxylic acid groups (broad SMARTS) is 1. The molecule has 0 aliphatic carbocycles. The summed E-state index contributed by atoms with van der Waals surface area (Å²) in [5.74, 6) is 2.10. The van der Waals surface area contributed by atoms with Crippen LogP contribution in [0.4, 0.5) is 5.69 Å². The number of phenols is 1. The molecule has 6 N–H and O–H groups in total. The van der Waals surface area contributed by atoms with E-state index in [1.165, 1.54) is 12.1 Å². The van der Waals surface area contributed by atoms with Crippen molar-refractivity contribution in [1.29, 1.82) is 0 Å². The van der Waals surface area contributed by atoms with Gasteiger partial charge in [-0.05, 0) is 90.5 Å². The molecule has 1 atom stereocenters. The van der Waals surface area contributed by atoms with E-state index >= 15 is 0 Å². The van der Waals surface area contributed by atoms with Gasteiger partial charge in [-0.3, -0.25) is 14.4 Å². The molecule has 248 valence electrons. The van der Waals surface area contributed by atoms with E-state index < -0.39 is 23.6 Å². The number of benzene rings is 4. The van der Waals surface area contributed by atoms with Crippen LogP contribution in [0.1, 0.15) is 43.8 Å². The minimum atomic E-state index is -1.19. The SMILES string of the molecule is NCCCOc1cc(Cl)c(C(=O)Nc2ccc(CC(C#CC(=O)c3ccc(CNCc4cccc(O)c4)cc3Cl)C(=O)O)cc2)c(Cl)c1. The third-order valence-electron chi connectivity index (χ3n) is 7.02. The fourth-order valence-electron chi connectivity index (χ4n) is 4.57. The van der Waals surface area contributed by atoms with Crippen LogP contribution < -0.4 is 21.1 Å². The van der Waals surface area contributed by atoms with Gasteiger partial charge in [-0.15, -0.1) is 0 Å². The summed E-state index contributed by atoms with van der Waals surface area (Å²) < 4.78 is 5.55. The molecule has 4 rings (SSSR count). The van der Waals surface area contributed by atoms with E-state index in [9.17, 15) is 24.6 Å². The van der Waals surface area contributed by atoms with Crippen molar-refractivity contribution in [3.8, 4) is 23.3 Å². The summed E-state index contributed by atoms with van der Waals surface area (Å²) >= 11 is 19.0. The van der Waals surface area contributed by atoms with Gasteiger partial charge < -0.3 is 31.3 Å². The van der Waals surface area contributed by atoms with Crippen LogP contribution in [0.15, 0.2) is 78.9 Å². The summed E-state index contributed by atoms with van der Waals surface area (Å²) in [4.78, 5) is 37.7. The van der Waals surface area contributed by atoms with E-state index in [2.05, 4.69) is 22.5 Å². The molecule has 1 unspecified atom stereocenters. The summed E-state index contributed by atoms with van der Waals surface area (Å²) in [6.07, 6.45) is 0.670. The largest absolute Gasteiger partial charge is 0.508 e. The first-order chi connectivity index (χ1) is 23.0. The molecule has 0 radical (unpaired) electrons. The lowest BCUT2D eigenvalue weighted by atomic mass is 9.99.